The summed E-state index contributed by atoms with van der Waals surface area (Å²) >= 11 is 1.55. The topological polar surface area (TPSA) is 111 Å². The average Bonchev–Trinajstić information content (AvgIpc) is 3.33. The quantitative estimate of drug-likeness (QED) is 0.435. The number of amides is 1. The van der Waals surface area contributed by atoms with Crippen LogP contribution in [0.25, 0.3) is 16.2 Å². The second-order valence-electron chi connectivity index (χ2n) is 7.33. The Morgan fingerprint density at radius 3 is 2.67 bits per heavy atom. The Balaban J connectivity index is 1.20. The summed E-state index contributed by atoms with van der Waals surface area (Å²) in [5.41, 5.74) is 2.31. The summed E-state index contributed by atoms with van der Waals surface area (Å²) in [7, 11) is -3.90. The maximum Gasteiger partial charge on any atom is 0.241 e. The van der Waals surface area contributed by atoms with E-state index in [2.05, 4.69) is 15.0 Å². The van der Waals surface area contributed by atoms with Crippen LogP contribution in [-0.4, -0.2) is 43.5 Å². The first-order chi connectivity index (χ1) is 16.0. The van der Waals surface area contributed by atoms with Gasteiger partial charge in [0.15, 0.2) is 16.5 Å². The van der Waals surface area contributed by atoms with Crippen molar-refractivity contribution in [2.75, 3.05) is 25.1 Å². The molecular weight excluding hydrogens is 464 g/mol. The number of nitrogens with one attached hydrogen (secondary N) is 2. The van der Waals surface area contributed by atoms with Gasteiger partial charge in [-0.3, -0.25) is 9.20 Å². The number of carbonyl (C=O) groups is 1. The first-order valence-electron chi connectivity index (χ1n) is 10.2. The van der Waals surface area contributed by atoms with Crippen LogP contribution in [0.1, 0.15) is 6.42 Å². The lowest BCUT2D eigenvalue weighted by Gasteiger charge is -2.11. The van der Waals surface area contributed by atoms with Crippen molar-refractivity contribution in [3.63, 3.8) is 0 Å². The van der Waals surface area contributed by atoms with Gasteiger partial charge < -0.3 is 14.8 Å². The molecule has 0 fully saturated rings. The fourth-order valence-electron chi connectivity index (χ4n) is 3.35. The maximum absolute atomic E-state index is 12.6. The van der Waals surface area contributed by atoms with Gasteiger partial charge in [0.1, 0.15) is 0 Å². The minimum absolute atomic E-state index is 0.00359. The van der Waals surface area contributed by atoms with Gasteiger partial charge in [0.25, 0.3) is 0 Å². The lowest BCUT2D eigenvalue weighted by atomic mass is 10.1. The summed E-state index contributed by atoms with van der Waals surface area (Å²) in [6, 6.07) is 11.6. The van der Waals surface area contributed by atoms with Gasteiger partial charge in [0.05, 0.1) is 30.3 Å². The molecule has 0 saturated heterocycles. The van der Waals surface area contributed by atoms with Crippen molar-refractivity contribution in [1.29, 1.82) is 0 Å². The monoisotopic (exact) mass is 484 g/mol. The van der Waals surface area contributed by atoms with Crippen LogP contribution in [0, 0.1) is 0 Å². The van der Waals surface area contributed by atoms with Gasteiger partial charge in [-0.05, 0) is 24.3 Å². The Labute approximate surface area is 194 Å². The van der Waals surface area contributed by atoms with Crippen LogP contribution in [0.2, 0.25) is 0 Å². The summed E-state index contributed by atoms with van der Waals surface area (Å²) in [4.78, 5) is 17.8. The van der Waals surface area contributed by atoms with E-state index >= 15 is 0 Å². The lowest BCUT2D eigenvalue weighted by molar-refractivity contribution is -0.115. The molecule has 2 aromatic heterocycles. The van der Waals surface area contributed by atoms with E-state index in [0.29, 0.717) is 30.4 Å². The number of ether oxygens (including phenoxy) is 2. The highest BCUT2D eigenvalue weighted by molar-refractivity contribution is 7.89. The third-order valence-electron chi connectivity index (χ3n) is 5.01. The molecule has 2 N–H and O–H groups in total. The second-order valence-corrected chi connectivity index (χ2v) is 9.97. The maximum atomic E-state index is 12.6. The number of anilines is 1. The summed E-state index contributed by atoms with van der Waals surface area (Å²) in [5.74, 6) is 0.392. The van der Waals surface area contributed by atoms with E-state index in [9.17, 15) is 13.2 Å². The Kier molecular flexibility index (Phi) is 5.75. The number of benzene rings is 2. The Morgan fingerprint density at radius 1 is 1.09 bits per heavy atom. The molecule has 33 heavy (non-hydrogen) atoms. The molecular formula is C22H20N4O5S2. The van der Waals surface area contributed by atoms with E-state index < -0.39 is 22.5 Å². The molecule has 0 bridgehead atoms. The summed E-state index contributed by atoms with van der Waals surface area (Å²) in [5, 5.41) is 4.66. The molecule has 4 aromatic rings. The van der Waals surface area contributed by atoms with Gasteiger partial charge in [0.2, 0.25) is 15.9 Å². The smallest absolute Gasteiger partial charge is 0.241 e. The predicted molar refractivity (Wildman–Crippen MR) is 124 cm³/mol. The Morgan fingerprint density at radius 2 is 1.88 bits per heavy atom. The number of rotatable bonds is 6. The number of sulfonamides is 1. The van der Waals surface area contributed by atoms with Crippen LogP contribution >= 0.6 is 11.3 Å². The number of hydrogen-bond acceptors (Lipinski definition) is 7. The number of carbonyl (C=O) groups excluding carboxylic acids is 1. The van der Waals surface area contributed by atoms with E-state index in [0.717, 1.165) is 22.6 Å². The van der Waals surface area contributed by atoms with Crippen LogP contribution < -0.4 is 19.5 Å². The third kappa shape index (κ3) is 4.70. The minimum Gasteiger partial charge on any atom is -0.490 e. The molecule has 0 radical (unpaired) electrons. The molecule has 1 amide bonds. The second kappa shape index (κ2) is 8.85. The van der Waals surface area contributed by atoms with Crippen LogP contribution in [0.4, 0.5) is 5.69 Å². The van der Waals surface area contributed by atoms with Crippen molar-refractivity contribution < 1.29 is 22.7 Å². The normalized spacial score (nSPS) is 13.6. The molecule has 0 spiro atoms. The van der Waals surface area contributed by atoms with Gasteiger partial charge in [-0.25, -0.2) is 18.1 Å². The highest BCUT2D eigenvalue weighted by atomic mass is 32.2. The largest absolute Gasteiger partial charge is 0.490 e. The van der Waals surface area contributed by atoms with Crippen LogP contribution in [-0.2, 0) is 14.8 Å². The molecule has 0 saturated carbocycles. The van der Waals surface area contributed by atoms with Gasteiger partial charge in [-0.1, -0.05) is 12.1 Å². The number of nitrogens with zero attached hydrogens (tertiary/aromatic N) is 2. The van der Waals surface area contributed by atoms with Crippen molar-refractivity contribution in [2.24, 2.45) is 0 Å². The zero-order valence-electron chi connectivity index (χ0n) is 17.4. The number of imidazole rings is 1. The summed E-state index contributed by atoms with van der Waals surface area (Å²) in [6.07, 6.45) is 4.60. The fraction of sp³-hybridized carbons (Fsp3) is 0.182. The zero-order chi connectivity index (χ0) is 22.8. The molecule has 5 rings (SSSR count). The summed E-state index contributed by atoms with van der Waals surface area (Å²) in [6.45, 7) is 0.555. The minimum atomic E-state index is -3.90. The van der Waals surface area contributed by atoms with E-state index in [4.69, 9.17) is 9.47 Å². The summed E-state index contributed by atoms with van der Waals surface area (Å²) < 4.78 is 40.6. The molecule has 1 aliphatic heterocycles. The Bertz CT molecular complexity index is 1380. The van der Waals surface area contributed by atoms with E-state index in [-0.39, 0.29) is 4.90 Å². The molecule has 3 heterocycles. The zero-order valence-corrected chi connectivity index (χ0v) is 19.0. The molecule has 9 nitrogen and oxygen atoms in total. The highest BCUT2D eigenvalue weighted by Crippen LogP contribution is 2.31. The molecule has 170 valence electrons. The molecule has 11 heteroatoms. The third-order valence-corrected chi connectivity index (χ3v) is 7.18. The molecule has 0 atom stereocenters. The van der Waals surface area contributed by atoms with E-state index in [1.807, 2.05) is 34.3 Å². The highest BCUT2D eigenvalue weighted by Gasteiger charge is 2.19. The SMILES string of the molecule is O=C(CNS(=O)(=O)c1ccc2c(c1)OCCCO2)Nc1ccc(-c2cn3ccsc3n2)cc1. The first-order valence-corrected chi connectivity index (χ1v) is 12.6. The van der Waals surface area contributed by atoms with Gasteiger partial charge in [-0.2, -0.15) is 0 Å². The fourth-order valence-corrected chi connectivity index (χ4v) is 5.05. The molecule has 0 unspecified atom stereocenters. The van der Waals surface area contributed by atoms with Crippen LogP contribution in [0.5, 0.6) is 11.5 Å². The van der Waals surface area contributed by atoms with Gasteiger partial charge >= 0.3 is 0 Å². The van der Waals surface area contributed by atoms with Crippen LogP contribution in [0.15, 0.2) is 65.1 Å². The molecule has 1 aliphatic rings. The van der Waals surface area contributed by atoms with Crippen molar-refractivity contribution in [3.05, 3.63) is 60.2 Å². The number of thiazole rings is 1. The van der Waals surface area contributed by atoms with Crippen molar-refractivity contribution in [3.8, 4) is 22.8 Å². The molecule has 2 aromatic carbocycles. The van der Waals surface area contributed by atoms with Gasteiger partial charge in [0, 0.05) is 41.5 Å². The number of hydrogen-bond donors (Lipinski definition) is 2. The van der Waals surface area contributed by atoms with Crippen molar-refractivity contribution >= 4 is 37.9 Å². The lowest BCUT2D eigenvalue weighted by Crippen LogP contribution is -2.32. The van der Waals surface area contributed by atoms with E-state index in [1.165, 1.54) is 12.1 Å². The van der Waals surface area contributed by atoms with Crippen molar-refractivity contribution in [2.45, 2.75) is 11.3 Å². The number of aromatic nitrogens is 2. The average molecular weight is 485 g/mol. The molecule has 0 aliphatic carbocycles. The van der Waals surface area contributed by atoms with Gasteiger partial charge in [-0.15, -0.1) is 11.3 Å². The van der Waals surface area contributed by atoms with Crippen LogP contribution in [0.3, 0.4) is 0 Å². The first kappa shape index (κ1) is 21.4. The predicted octanol–water partition coefficient (Wildman–Crippen LogP) is 3.14. The number of fused-ring (bicyclic) bond motifs is 2. The van der Waals surface area contributed by atoms with Crippen molar-refractivity contribution in [1.82, 2.24) is 14.1 Å². The Hall–Kier alpha value is -3.41. The van der Waals surface area contributed by atoms with E-state index in [1.54, 1.807) is 29.5 Å². The standard InChI is InChI=1S/C22H20N4O5S2/c27-21(13-23-33(28,29)17-6-7-19-20(12-17)31-10-1-9-30-19)24-16-4-2-15(3-5-16)18-14-26-8-11-32-22(26)25-18/h2-8,11-12,14,23H,1,9-10,13H2,(H,24,27).